The first-order valence-corrected chi connectivity index (χ1v) is 4.78. The highest BCUT2D eigenvalue weighted by molar-refractivity contribution is 6.35. The van der Waals surface area contributed by atoms with E-state index in [1.807, 2.05) is 0 Å². The molecule has 0 radical (unpaired) electrons. The molecule has 6 heteroatoms. The fourth-order valence-corrected chi connectivity index (χ4v) is 1.67. The minimum Gasteiger partial charge on any atom is -0.475 e. The second kappa shape index (κ2) is 3.61. The summed E-state index contributed by atoms with van der Waals surface area (Å²) in [6.45, 7) is 0. The molecule has 0 aliphatic rings. The molecule has 0 aliphatic heterocycles. The summed E-state index contributed by atoms with van der Waals surface area (Å²) in [5.74, 6) is -1.59. The van der Waals surface area contributed by atoms with Crippen molar-refractivity contribution in [1.29, 1.82) is 0 Å². The van der Waals surface area contributed by atoms with Crippen molar-refractivity contribution in [2.24, 2.45) is 7.05 Å². The first kappa shape index (κ1) is 10.6. The quantitative estimate of drug-likeness (QED) is 0.813. The van der Waals surface area contributed by atoms with E-state index in [4.69, 9.17) is 16.7 Å². The minimum absolute atomic E-state index is 0.213. The van der Waals surface area contributed by atoms with Crippen LogP contribution < -0.4 is 5.56 Å². The molecule has 2 rings (SSSR count). The molecule has 0 atom stereocenters. The molecule has 0 saturated heterocycles. The molecule has 16 heavy (non-hydrogen) atoms. The summed E-state index contributed by atoms with van der Waals surface area (Å²) in [4.78, 5) is 26.5. The predicted molar refractivity (Wildman–Crippen MR) is 59.0 cm³/mol. The zero-order valence-corrected chi connectivity index (χ0v) is 9.02. The van der Waals surface area contributed by atoms with Crippen LogP contribution in [0.25, 0.3) is 10.9 Å². The van der Waals surface area contributed by atoms with Crippen LogP contribution in [-0.4, -0.2) is 20.6 Å². The Balaban J connectivity index is 3.01. The number of carboxylic acid groups (broad SMARTS) is 1. The maximum atomic E-state index is 11.8. The summed E-state index contributed by atoms with van der Waals surface area (Å²) in [7, 11) is 1.36. The minimum atomic E-state index is -1.26. The Labute approximate surface area is 94.9 Å². The summed E-state index contributed by atoms with van der Waals surface area (Å²) in [6, 6.07) is 4.73. The first-order chi connectivity index (χ1) is 7.52. The van der Waals surface area contributed by atoms with E-state index in [1.165, 1.54) is 7.05 Å². The molecule has 0 saturated carbocycles. The average molecular weight is 239 g/mol. The third-order valence-corrected chi connectivity index (χ3v) is 2.55. The van der Waals surface area contributed by atoms with Crippen LogP contribution in [0, 0.1) is 0 Å². The van der Waals surface area contributed by atoms with Crippen LogP contribution in [0.15, 0.2) is 23.0 Å². The molecule has 0 unspecified atom stereocenters. The fraction of sp³-hybridized carbons (Fsp3) is 0.100. The van der Waals surface area contributed by atoms with Gasteiger partial charge in [0.1, 0.15) is 0 Å². The van der Waals surface area contributed by atoms with Crippen molar-refractivity contribution < 1.29 is 9.90 Å². The molecule has 1 heterocycles. The van der Waals surface area contributed by atoms with Gasteiger partial charge in [0, 0.05) is 7.05 Å². The van der Waals surface area contributed by atoms with Crippen molar-refractivity contribution in [3.8, 4) is 0 Å². The van der Waals surface area contributed by atoms with Crippen molar-refractivity contribution in [3.05, 3.63) is 39.4 Å². The van der Waals surface area contributed by atoms with E-state index >= 15 is 0 Å². The van der Waals surface area contributed by atoms with Crippen molar-refractivity contribution in [2.45, 2.75) is 0 Å². The molecule has 0 bridgehead atoms. The number of carbonyl (C=O) groups is 1. The number of rotatable bonds is 1. The number of halogens is 1. The van der Waals surface area contributed by atoms with Crippen molar-refractivity contribution in [3.63, 3.8) is 0 Å². The van der Waals surface area contributed by atoms with Gasteiger partial charge < -0.3 is 5.11 Å². The second-order valence-electron chi connectivity index (χ2n) is 3.24. The van der Waals surface area contributed by atoms with Gasteiger partial charge >= 0.3 is 5.97 Å². The molecule has 0 spiro atoms. The Hall–Kier alpha value is -1.88. The van der Waals surface area contributed by atoms with Crippen LogP contribution in [0.1, 0.15) is 10.6 Å². The summed E-state index contributed by atoms with van der Waals surface area (Å²) in [6.07, 6.45) is 0. The average Bonchev–Trinajstić information content (AvgIpc) is 2.23. The number of benzene rings is 1. The van der Waals surface area contributed by atoms with E-state index in [0.29, 0.717) is 5.39 Å². The van der Waals surface area contributed by atoms with Crippen LogP contribution in [0.5, 0.6) is 0 Å². The number of aromatic carboxylic acids is 1. The van der Waals surface area contributed by atoms with Gasteiger partial charge in [-0.3, -0.25) is 9.36 Å². The monoisotopic (exact) mass is 238 g/mol. The van der Waals surface area contributed by atoms with Crippen molar-refractivity contribution in [2.75, 3.05) is 0 Å². The second-order valence-corrected chi connectivity index (χ2v) is 3.65. The summed E-state index contributed by atoms with van der Waals surface area (Å²) >= 11 is 5.85. The summed E-state index contributed by atoms with van der Waals surface area (Å²) < 4.78 is 0.987. The Morgan fingerprint density at radius 1 is 1.50 bits per heavy atom. The topological polar surface area (TPSA) is 72.2 Å². The molecular formula is C10H7ClN2O3. The van der Waals surface area contributed by atoms with Crippen LogP contribution in [0.4, 0.5) is 0 Å². The summed E-state index contributed by atoms with van der Waals surface area (Å²) in [5, 5.41) is 9.44. The highest BCUT2D eigenvalue weighted by Gasteiger charge is 2.14. The highest BCUT2D eigenvalue weighted by atomic mass is 35.5. The lowest BCUT2D eigenvalue weighted by Crippen LogP contribution is -2.25. The Bertz CT molecular complexity index is 648. The molecule has 0 amide bonds. The van der Waals surface area contributed by atoms with E-state index in [-0.39, 0.29) is 16.4 Å². The van der Waals surface area contributed by atoms with Crippen LogP contribution in [0.2, 0.25) is 5.02 Å². The van der Waals surface area contributed by atoms with Gasteiger partial charge in [-0.1, -0.05) is 17.7 Å². The summed E-state index contributed by atoms with van der Waals surface area (Å²) in [5.41, 5.74) is -0.213. The molecule has 0 fully saturated rings. The number of aromatic nitrogens is 2. The van der Waals surface area contributed by atoms with E-state index in [9.17, 15) is 9.59 Å². The van der Waals surface area contributed by atoms with Gasteiger partial charge in [-0.2, -0.15) is 0 Å². The van der Waals surface area contributed by atoms with Crippen LogP contribution >= 0.6 is 11.6 Å². The number of fused-ring (bicyclic) bond motifs is 1. The molecule has 2 aromatic rings. The lowest BCUT2D eigenvalue weighted by atomic mass is 10.2. The molecule has 1 N–H and O–H groups in total. The first-order valence-electron chi connectivity index (χ1n) is 4.41. The fourth-order valence-electron chi connectivity index (χ4n) is 1.45. The molecule has 1 aromatic carbocycles. The van der Waals surface area contributed by atoms with Gasteiger partial charge in [0.25, 0.3) is 5.56 Å². The lowest BCUT2D eigenvalue weighted by molar-refractivity contribution is 0.0678. The zero-order chi connectivity index (χ0) is 11.9. The van der Waals surface area contributed by atoms with Gasteiger partial charge in [0.15, 0.2) is 0 Å². The SMILES string of the molecule is Cn1c(C(=O)O)nc2c(Cl)cccc2c1=O. The largest absolute Gasteiger partial charge is 0.475 e. The van der Waals surface area contributed by atoms with E-state index in [1.54, 1.807) is 18.2 Å². The Kier molecular flexibility index (Phi) is 2.40. The van der Waals surface area contributed by atoms with Gasteiger partial charge in [-0.25, -0.2) is 9.78 Å². The van der Waals surface area contributed by atoms with Crippen LogP contribution in [0.3, 0.4) is 0 Å². The van der Waals surface area contributed by atoms with E-state index in [2.05, 4.69) is 4.98 Å². The Morgan fingerprint density at radius 3 is 2.81 bits per heavy atom. The van der Waals surface area contributed by atoms with Gasteiger partial charge in [0.2, 0.25) is 5.82 Å². The molecule has 5 nitrogen and oxygen atoms in total. The third kappa shape index (κ3) is 1.45. The van der Waals surface area contributed by atoms with Crippen molar-refractivity contribution in [1.82, 2.24) is 9.55 Å². The molecule has 0 aliphatic carbocycles. The number of nitrogens with zero attached hydrogens (tertiary/aromatic N) is 2. The highest BCUT2D eigenvalue weighted by Crippen LogP contribution is 2.18. The molecule has 1 aromatic heterocycles. The lowest BCUT2D eigenvalue weighted by Gasteiger charge is -2.05. The van der Waals surface area contributed by atoms with Crippen LogP contribution in [-0.2, 0) is 7.05 Å². The standard InChI is InChI=1S/C10H7ClN2O3/c1-13-8(10(15)16)12-7-5(9(13)14)3-2-4-6(7)11/h2-4H,1H3,(H,15,16). The smallest absolute Gasteiger partial charge is 0.372 e. The van der Waals surface area contributed by atoms with E-state index < -0.39 is 11.5 Å². The zero-order valence-electron chi connectivity index (χ0n) is 8.27. The number of hydrogen-bond donors (Lipinski definition) is 1. The maximum Gasteiger partial charge on any atom is 0.372 e. The molecular weight excluding hydrogens is 232 g/mol. The van der Waals surface area contributed by atoms with Gasteiger partial charge in [0.05, 0.1) is 15.9 Å². The Morgan fingerprint density at radius 2 is 2.19 bits per heavy atom. The normalized spacial score (nSPS) is 10.6. The van der Waals surface area contributed by atoms with Gasteiger partial charge in [-0.05, 0) is 12.1 Å². The predicted octanol–water partition coefficient (Wildman–Crippen LogP) is 1.29. The number of carboxylic acids is 1. The van der Waals surface area contributed by atoms with E-state index in [0.717, 1.165) is 4.57 Å². The van der Waals surface area contributed by atoms with Crippen molar-refractivity contribution >= 4 is 28.5 Å². The van der Waals surface area contributed by atoms with Gasteiger partial charge in [-0.15, -0.1) is 0 Å². The number of hydrogen-bond acceptors (Lipinski definition) is 3. The third-order valence-electron chi connectivity index (χ3n) is 2.25. The number of para-hydroxylation sites is 1. The molecule has 82 valence electrons. The maximum absolute atomic E-state index is 11.8.